The Hall–Kier alpha value is -6.50. The molecule has 2 amide bonds. The number of aryl methyl sites for hydroxylation is 1. The van der Waals surface area contributed by atoms with Crippen LogP contribution in [0, 0.1) is 6.92 Å². The standard InChI is InChI=1S/C46H38N8O2S2/c1-3-45(55)51-23-40(36-13-7-5-11-34(36)31-16-18-44-48-28-50-54(44)22-31)38-20-32(58-42(38)26-51)9-8-14-46(56)52-24-39(37-19-29(2)57-41(37)25-52)35-12-6-4-10-33(35)30-15-17-43-47-27-49-53(43)21-30/h3-8,10-22,27-28,39-40H,1,9,23-26H2,2H3/b14-8+/t39-,40+/m1/s1. The van der Waals surface area contributed by atoms with Crippen LogP contribution in [0.4, 0.5) is 0 Å². The van der Waals surface area contributed by atoms with Gasteiger partial charge in [-0.15, -0.1) is 22.7 Å². The van der Waals surface area contributed by atoms with E-state index in [-0.39, 0.29) is 23.7 Å². The Morgan fingerprint density at radius 3 is 1.86 bits per heavy atom. The molecule has 0 saturated heterocycles. The monoisotopic (exact) mass is 798 g/mol. The Balaban J connectivity index is 0.917. The fraction of sp³-hybridized carbons (Fsp3) is 0.174. The van der Waals surface area contributed by atoms with E-state index in [9.17, 15) is 9.59 Å². The molecule has 286 valence electrons. The van der Waals surface area contributed by atoms with Crippen LogP contribution in [0.25, 0.3) is 33.5 Å². The van der Waals surface area contributed by atoms with Crippen molar-refractivity contribution in [3.05, 3.63) is 177 Å². The number of rotatable bonds is 8. The van der Waals surface area contributed by atoms with Crippen LogP contribution >= 0.6 is 22.7 Å². The van der Waals surface area contributed by atoms with Gasteiger partial charge in [0.2, 0.25) is 11.8 Å². The third kappa shape index (κ3) is 6.53. The molecule has 0 saturated carbocycles. The topological polar surface area (TPSA) is 101 Å². The third-order valence-electron chi connectivity index (χ3n) is 11.3. The fourth-order valence-corrected chi connectivity index (χ4v) is 10.9. The molecule has 0 fully saturated rings. The van der Waals surface area contributed by atoms with Gasteiger partial charge in [-0.25, -0.2) is 19.0 Å². The fourth-order valence-electron chi connectivity index (χ4n) is 8.59. The van der Waals surface area contributed by atoms with Crippen LogP contribution in [0.3, 0.4) is 0 Å². The van der Waals surface area contributed by atoms with E-state index >= 15 is 0 Å². The predicted molar refractivity (Wildman–Crippen MR) is 228 cm³/mol. The Bertz CT molecular complexity index is 2920. The van der Waals surface area contributed by atoms with Crippen LogP contribution in [0.1, 0.15) is 53.6 Å². The number of amides is 2. The maximum atomic E-state index is 14.0. The molecule has 10 rings (SSSR count). The molecule has 6 aromatic heterocycles. The van der Waals surface area contributed by atoms with Crippen molar-refractivity contribution in [2.24, 2.45) is 0 Å². The SMILES string of the molecule is C=CC(=O)N1Cc2sc(C/C=C/C(=O)N3Cc4sc(C)cc4[C@@H](c4ccccc4-c4ccc5ncnn5c4)C3)cc2[C@H](c2ccccc2-c2ccc3ncnn3c2)C1. The van der Waals surface area contributed by atoms with Crippen LogP contribution in [-0.4, -0.2) is 63.9 Å². The smallest absolute Gasteiger partial charge is 0.246 e. The molecule has 12 heteroatoms. The Labute approximate surface area is 343 Å². The highest BCUT2D eigenvalue weighted by atomic mass is 32.1. The van der Waals surface area contributed by atoms with E-state index < -0.39 is 0 Å². The van der Waals surface area contributed by atoms with Crippen LogP contribution < -0.4 is 0 Å². The van der Waals surface area contributed by atoms with Gasteiger partial charge in [-0.2, -0.15) is 10.2 Å². The summed E-state index contributed by atoms with van der Waals surface area (Å²) >= 11 is 3.49. The average Bonchev–Trinajstić information content (AvgIpc) is 4.08. The lowest BCUT2D eigenvalue weighted by atomic mass is 9.84. The van der Waals surface area contributed by atoms with Crippen molar-refractivity contribution < 1.29 is 9.59 Å². The van der Waals surface area contributed by atoms with Gasteiger partial charge in [-0.1, -0.05) is 61.2 Å². The van der Waals surface area contributed by atoms with Crippen molar-refractivity contribution in [2.45, 2.75) is 38.3 Å². The Morgan fingerprint density at radius 1 is 0.707 bits per heavy atom. The molecule has 2 atom stereocenters. The van der Waals surface area contributed by atoms with Gasteiger partial charge in [-0.05, 0) is 88.9 Å². The van der Waals surface area contributed by atoms with Crippen molar-refractivity contribution in [1.82, 2.24) is 39.0 Å². The molecule has 0 spiro atoms. The lowest BCUT2D eigenvalue weighted by Gasteiger charge is -2.33. The third-order valence-corrected chi connectivity index (χ3v) is 13.5. The van der Waals surface area contributed by atoms with Crippen molar-refractivity contribution in [1.29, 1.82) is 0 Å². The normalized spacial score (nSPS) is 16.6. The number of hydrogen-bond donors (Lipinski definition) is 0. The number of carbonyl (C=O) groups excluding carboxylic acids is 2. The molecule has 2 aliphatic heterocycles. The predicted octanol–water partition coefficient (Wildman–Crippen LogP) is 8.47. The molecule has 0 radical (unpaired) electrons. The summed E-state index contributed by atoms with van der Waals surface area (Å²) in [6, 6.07) is 29.6. The number of pyridine rings is 2. The molecule has 8 aromatic rings. The number of benzene rings is 2. The first kappa shape index (κ1) is 35.9. The van der Waals surface area contributed by atoms with Gasteiger partial charge in [0.15, 0.2) is 11.3 Å². The second kappa shape index (κ2) is 14.8. The summed E-state index contributed by atoms with van der Waals surface area (Å²) in [4.78, 5) is 44.4. The minimum absolute atomic E-state index is 0.00319. The van der Waals surface area contributed by atoms with Crippen molar-refractivity contribution >= 4 is 45.8 Å². The van der Waals surface area contributed by atoms with E-state index in [1.807, 2.05) is 46.5 Å². The van der Waals surface area contributed by atoms with E-state index in [1.54, 1.807) is 50.4 Å². The first-order valence-corrected chi connectivity index (χ1v) is 20.9. The number of thiophene rings is 2. The van der Waals surface area contributed by atoms with Gasteiger partial charge in [0.1, 0.15) is 12.7 Å². The van der Waals surface area contributed by atoms with E-state index in [2.05, 4.69) is 100 Å². The zero-order valence-electron chi connectivity index (χ0n) is 31.7. The minimum Gasteiger partial charge on any atom is -0.333 e. The largest absolute Gasteiger partial charge is 0.333 e. The number of aromatic nitrogens is 6. The van der Waals surface area contributed by atoms with E-state index in [4.69, 9.17) is 0 Å². The quantitative estimate of drug-likeness (QED) is 0.143. The van der Waals surface area contributed by atoms with Crippen molar-refractivity contribution in [3.63, 3.8) is 0 Å². The molecule has 10 nitrogen and oxygen atoms in total. The van der Waals surface area contributed by atoms with Crippen molar-refractivity contribution in [3.8, 4) is 22.3 Å². The Kier molecular flexibility index (Phi) is 9.14. The van der Waals surface area contributed by atoms with Crippen LogP contribution in [-0.2, 0) is 29.1 Å². The maximum absolute atomic E-state index is 14.0. The number of hydrogen-bond acceptors (Lipinski definition) is 8. The summed E-state index contributed by atoms with van der Waals surface area (Å²) in [7, 11) is 0. The van der Waals surface area contributed by atoms with E-state index in [0.717, 1.165) is 48.9 Å². The summed E-state index contributed by atoms with van der Waals surface area (Å²) in [5.74, 6) is -0.0959. The van der Waals surface area contributed by atoms with Gasteiger partial charge in [-0.3, -0.25) is 9.59 Å². The molecule has 0 aliphatic carbocycles. The van der Waals surface area contributed by atoms with E-state index in [1.165, 1.54) is 32.5 Å². The zero-order valence-corrected chi connectivity index (χ0v) is 33.4. The van der Waals surface area contributed by atoms with Gasteiger partial charge in [0, 0.05) is 74.4 Å². The number of carbonyl (C=O) groups is 2. The highest BCUT2D eigenvalue weighted by molar-refractivity contribution is 7.12. The minimum atomic E-state index is -0.0829. The van der Waals surface area contributed by atoms with Crippen LogP contribution in [0.15, 0.2) is 135 Å². The molecule has 0 unspecified atom stereocenters. The molecule has 0 N–H and O–H groups in total. The lowest BCUT2D eigenvalue weighted by Crippen LogP contribution is -2.37. The molecule has 2 aliphatic rings. The Morgan fingerprint density at radius 2 is 1.26 bits per heavy atom. The molecule has 0 bridgehead atoms. The summed E-state index contributed by atoms with van der Waals surface area (Å²) in [6.07, 6.45) is 12.9. The average molecular weight is 799 g/mol. The van der Waals surface area contributed by atoms with Gasteiger partial charge in [0.25, 0.3) is 0 Å². The number of fused-ring (bicyclic) bond motifs is 4. The maximum Gasteiger partial charge on any atom is 0.246 e. The highest BCUT2D eigenvalue weighted by Gasteiger charge is 2.33. The van der Waals surface area contributed by atoms with E-state index in [0.29, 0.717) is 32.6 Å². The highest BCUT2D eigenvalue weighted by Crippen LogP contribution is 2.43. The summed E-state index contributed by atoms with van der Waals surface area (Å²) in [5.41, 5.74) is 10.7. The summed E-state index contributed by atoms with van der Waals surface area (Å²) in [5, 5.41) is 8.73. The first-order chi connectivity index (χ1) is 28.4. The molecule has 58 heavy (non-hydrogen) atoms. The van der Waals surface area contributed by atoms with Gasteiger partial charge in [0.05, 0.1) is 13.1 Å². The van der Waals surface area contributed by atoms with Gasteiger partial charge >= 0.3 is 0 Å². The second-order valence-corrected chi connectivity index (χ2v) is 17.4. The van der Waals surface area contributed by atoms with Crippen molar-refractivity contribution in [2.75, 3.05) is 13.1 Å². The molecule has 2 aromatic carbocycles. The summed E-state index contributed by atoms with van der Waals surface area (Å²) < 4.78 is 3.59. The van der Waals surface area contributed by atoms with Crippen LogP contribution in [0.5, 0.6) is 0 Å². The number of nitrogens with zero attached hydrogens (tertiary/aromatic N) is 8. The molecular weight excluding hydrogens is 761 g/mol. The zero-order chi connectivity index (χ0) is 39.3. The first-order valence-electron chi connectivity index (χ1n) is 19.2. The van der Waals surface area contributed by atoms with Gasteiger partial charge < -0.3 is 9.80 Å². The second-order valence-electron chi connectivity index (χ2n) is 14.8. The van der Waals surface area contributed by atoms with Crippen LogP contribution in [0.2, 0.25) is 0 Å². The lowest BCUT2D eigenvalue weighted by molar-refractivity contribution is -0.127. The summed E-state index contributed by atoms with van der Waals surface area (Å²) in [6.45, 7) is 8.18. The molecule has 8 heterocycles. The molecular formula is C46H38N8O2S2. The number of allylic oxidation sites excluding steroid dienone is 1.